The molecular weight excluding hydrogens is 551 g/mol. The molecule has 4 aromatic rings. The highest BCUT2D eigenvalue weighted by molar-refractivity contribution is 6.35. The van der Waals surface area contributed by atoms with Gasteiger partial charge in [-0.2, -0.15) is 0 Å². The second kappa shape index (κ2) is 11.6. The van der Waals surface area contributed by atoms with Crippen LogP contribution in [0.3, 0.4) is 0 Å². The molecule has 0 bridgehead atoms. The van der Waals surface area contributed by atoms with Crippen molar-refractivity contribution in [3.63, 3.8) is 0 Å². The van der Waals surface area contributed by atoms with Crippen molar-refractivity contribution in [2.24, 2.45) is 0 Å². The zero-order chi connectivity index (χ0) is 28.1. The minimum atomic E-state index is -0.618. The van der Waals surface area contributed by atoms with Crippen molar-refractivity contribution in [2.75, 3.05) is 10.6 Å². The summed E-state index contributed by atoms with van der Waals surface area (Å²) in [5, 5.41) is 27.3. The van der Waals surface area contributed by atoms with E-state index in [1.54, 1.807) is 48.5 Å². The van der Waals surface area contributed by atoms with Crippen LogP contribution in [0.1, 0.15) is 20.7 Å². The third-order valence-electron chi connectivity index (χ3n) is 5.27. The topological polar surface area (TPSA) is 154 Å². The second-order valence-electron chi connectivity index (χ2n) is 7.90. The maximum Gasteiger partial charge on any atom is 0.270 e. The number of amides is 2. The van der Waals surface area contributed by atoms with Gasteiger partial charge >= 0.3 is 0 Å². The number of carbonyl (C=O) groups is 2. The van der Waals surface area contributed by atoms with Gasteiger partial charge in [0.1, 0.15) is 11.5 Å². The average Bonchev–Trinajstić information content (AvgIpc) is 2.91. The van der Waals surface area contributed by atoms with Crippen molar-refractivity contribution >= 4 is 57.8 Å². The normalized spacial score (nSPS) is 10.4. The van der Waals surface area contributed by atoms with Crippen LogP contribution in [0.4, 0.5) is 22.7 Å². The minimum absolute atomic E-state index is 0.0360. The molecule has 39 heavy (non-hydrogen) atoms. The Morgan fingerprint density at radius 3 is 1.31 bits per heavy atom. The van der Waals surface area contributed by atoms with E-state index in [2.05, 4.69) is 10.6 Å². The smallest absolute Gasteiger partial charge is 0.270 e. The summed E-state index contributed by atoms with van der Waals surface area (Å²) >= 11 is 12.0. The first-order valence-electron chi connectivity index (χ1n) is 11.0. The van der Waals surface area contributed by atoms with E-state index in [9.17, 15) is 29.8 Å². The summed E-state index contributed by atoms with van der Waals surface area (Å²) in [4.78, 5) is 45.8. The summed E-state index contributed by atoms with van der Waals surface area (Å²) in [6, 6.07) is 19.9. The van der Waals surface area contributed by atoms with E-state index in [-0.39, 0.29) is 32.5 Å². The van der Waals surface area contributed by atoms with E-state index >= 15 is 0 Å². The Kier molecular flexibility index (Phi) is 8.04. The van der Waals surface area contributed by atoms with Crippen molar-refractivity contribution in [2.45, 2.75) is 0 Å². The average molecular weight is 567 g/mol. The van der Waals surface area contributed by atoms with Crippen LogP contribution >= 0.6 is 23.2 Å². The molecule has 4 rings (SSSR count). The fourth-order valence-corrected chi connectivity index (χ4v) is 3.75. The first kappa shape index (κ1) is 27.0. The number of hydrogen-bond acceptors (Lipinski definition) is 7. The number of nitrogens with zero attached hydrogens (tertiary/aromatic N) is 2. The third kappa shape index (κ3) is 6.66. The maximum atomic E-state index is 12.5. The van der Waals surface area contributed by atoms with E-state index in [1.807, 2.05) is 0 Å². The van der Waals surface area contributed by atoms with Gasteiger partial charge in [-0.05, 0) is 60.7 Å². The summed E-state index contributed by atoms with van der Waals surface area (Å²) < 4.78 is 5.77. The van der Waals surface area contributed by atoms with E-state index in [1.165, 1.54) is 24.3 Å². The Hall–Kier alpha value is -5.00. The molecule has 0 spiro atoms. The van der Waals surface area contributed by atoms with Gasteiger partial charge in [0.25, 0.3) is 23.2 Å². The van der Waals surface area contributed by atoms with Crippen molar-refractivity contribution in [1.29, 1.82) is 0 Å². The minimum Gasteiger partial charge on any atom is -0.457 e. The molecule has 0 aliphatic rings. The summed E-state index contributed by atoms with van der Waals surface area (Å²) in [7, 11) is 0. The van der Waals surface area contributed by atoms with Crippen LogP contribution in [0.25, 0.3) is 0 Å². The highest BCUT2D eigenvalue weighted by Gasteiger charge is 2.17. The Balaban J connectivity index is 1.37. The number of rotatable bonds is 8. The van der Waals surface area contributed by atoms with Gasteiger partial charge in [-0.1, -0.05) is 23.2 Å². The van der Waals surface area contributed by atoms with Gasteiger partial charge in [0.15, 0.2) is 0 Å². The molecule has 196 valence electrons. The first-order chi connectivity index (χ1) is 18.6. The number of carbonyl (C=O) groups excluding carboxylic acids is 2. The molecule has 0 aromatic heterocycles. The van der Waals surface area contributed by atoms with Gasteiger partial charge in [-0.25, -0.2) is 0 Å². The number of ether oxygens (including phenoxy) is 1. The van der Waals surface area contributed by atoms with E-state index in [0.717, 1.165) is 12.1 Å². The molecule has 0 saturated heterocycles. The number of nitrogens with one attached hydrogen (secondary N) is 2. The molecule has 4 aromatic carbocycles. The molecule has 13 heteroatoms. The lowest BCUT2D eigenvalue weighted by molar-refractivity contribution is -0.385. The van der Waals surface area contributed by atoms with Crippen molar-refractivity contribution in [3.05, 3.63) is 126 Å². The monoisotopic (exact) mass is 566 g/mol. The van der Waals surface area contributed by atoms with Gasteiger partial charge in [0, 0.05) is 35.6 Å². The Labute approximate surface area is 230 Å². The molecule has 0 fully saturated rings. The van der Waals surface area contributed by atoms with E-state index in [4.69, 9.17) is 27.9 Å². The van der Waals surface area contributed by atoms with E-state index in [0.29, 0.717) is 22.9 Å². The second-order valence-corrected chi connectivity index (χ2v) is 8.72. The van der Waals surface area contributed by atoms with Crippen LogP contribution in [0.15, 0.2) is 84.9 Å². The standard InChI is InChI=1S/C26H16Cl2N4O7/c27-23-11-5-17(31(35)36)13-21(23)25(33)29-15-1-7-19(8-2-15)39-20-9-3-16(4-10-20)30-26(34)22-14-18(32(37)38)6-12-24(22)28/h1-14H,(H,29,33)(H,30,34). The van der Waals surface area contributed by atoms with Crippen LogP contribution in [0.2, 0.25) is 10.0 Å². The Morgan fingerprint density at radius 2 is 0.974 bits per heavy atom. The van der Waals surface area contributed by atoms with Crippen LogP contribution in [-0.4, -0.2) is 21.7 Å². The highest BCUT2D eigenvalue weighted by Crippen LogP contribution is 2.27. The number of hydrogen-bond donors (Lipinski definition) is 2. The van der Waals surface area contributed by atoms with Crippen molar-refractivity contribution in [3.8, 4) is 11.5 Å². The fourth-order valence-electron chi connectivity index (χ4n) is 3.35. The molecule has 0 aliphatic carbocycles. The van der Waals surface area contributed by atoms with Gasteiger partial charge in [-0.15, -0.1) is 0 Å². The van der Waals surface area contributed by atoms with Crippen LogP contribution in [0.5, 0.6) is 11.5 Å². The van der Waals surface area contributed by atoms with Crippen LogP contribution in [0, 0.1) is 20.2 Å². The summed E-state index contributed by atoms with van der Waals surface area (Å²) in [5.41, 5.74) is 0.233. The highest BCUT2D eigenvalue weighted by atomic mass is 35.5. The lowest BCUT2D eigenvalue weighted by atomic mass is 10.1. The molecule has 2 N–H and O–H groups in total. The third-order valence-corrected chi connectivity index (χ3v) is 5.93. The molecule has 11 nitrogen and oxygen atoms in total. The number of anilines is 2. The maximum absolute atomic E-state index is 12.5. The van der Waals surface area contributed by atoms with Gasteiger partial charge in [-0.3, -0.25) is 29.8 Å². The number of nitro benzene ring substituents is 2. The Morgan fingerprint density at radius 1 is 0.615 bits per heavy atom. The first-order valence-corrected chi connectivity index (χ1v) is 11.7. The lowest BCUT2D eigenvalue weighted by Gasteiger charge is -2.10. The largest absolute Gasteiger partial charge is 0.457 e. The zero-order valence-electron chi connectivity index (χ0n) is 19.6. The molecule has 0 heterocycles. The Bertz CT molecular complexity index is 1470. The van der Waals surface area contributed by atoms with Gasteiger partial charge in [0.05, 0.1) is 31.0 Å². The predicted molar refractivity (Wildman–Crippen MR) is 145 cm³/mol. The molecular formula is C26H16Cl2N4O7. The zero-order valence-corrected chi connectivity index (χ0v) is 21.1. The SMILES string of the molecule is O=C(Nc1ccc(Oc2ccc(NC(=O)c3cc([N+](=O)[O-])ccc3Cl)cc2)cc1)c1cc([N+](=O)[O-])ccc1Cl. The molecule has 2 amide bonds. The van der Waals surface area contributed by atoms with E-state index < -0.39 is 21.7 Å². The lowest BCUT2D eigenvalue weighted by Crippen LogP contribution is -2.12. The van der Waals surface area contributed by atoms with Gasteiger partial charge < -0.3 is 15.4 Å². The van der Waals surface area contributed by atoms with Crippen molar-refractivity contribution in [1.82, 2.24) is 0 Å². The fraction of sp³-hybridized carbons (Fsp3) is 0. The summed E-state index contributed by atoms with van der Waals surface area (Å²) in [6.07, 6.45) is 0. The number of halogens is 2. The summed E-state index contributed by atoms with van der Waals surface area (Å²) in [6.45, 7) is 0. The molecule has 0 atom stereocenters. The number of non-ortho nitro benzene ring substituents is 2. The number of benzene rings is 4. The molecule has 0 unspecified atom stereocenters. The number of nitro groups is 2. The molecule has 0 saturated carbocycles. The predicted octanol–water partition coefficient (Wildman–Crippen LogP) is 7.11. The molecule has 0 radical (unpaired) electrons. The van der Waals surface area contributed by atoms with Crippen LogP contribution in [-0.2, 0) is 0 Å². The van der Waals surface area contributed by atoms with Crippen molar-refractivity contribution < 1.29 is 24.2 Å². The quantitative estimate of drug-likeness (QED) is 0.170. The van der Waals surface area contributed by atoms with Crippen LogP contribution < -0.4 is 15.4 Å². The molecule has 0 aliphatic heterocycles. The van der Waals surface area contributed by atoms with Gasteiger partial charge in [0.2, 0.25) is 0 Å². The summed E-state index contributed by atoms with van der Waals surface area (Å²) in [5.74, 6) is -0.328.